The summed E-state index contributed by atoms with van der Waals surface area (Å²) < 4.78 is 47.0. The minimum atomic E-state index is -0.476. The third kappa shape index (κ3) is 9.46. The van der Waals surface area contributed by atoms with E-state index in [1.165, 1.54) is 76.8 Å². The van der Waals surface area contributed by atoms with Gasteiger partial charge in [0.2, 0.25) is 0 Å². The Kier molecular flexibility index (Phi) is 13.7. The van der Waals surface area contributed by atoms with E-state index in [4.69, 9.17) is 27.9 Å². The van der Waals surface area contributed by atoms with Gasteiger partial charge in [-0.1, -0.05) is 101 Å². The summed E-state index contributed by atoms with van der Waals surface area (Å²) in [7, 11) is -1.36. The lowest BCUT2D eigenvalue weighted by molar-refractivity contribution is 0.00578. The minimum Gasteiger partial charge on any atom is -0.405 e. The van der Waals surface area contributed by atoms with Crippen molar-refractivity contribution in [1.82, 2.24) is 18.3 Å². The van der Waals surface area contributed by atoms with Gasteiger partial charge in [0.05, 0.1) is 66.7 Å². The van der Waals surface area contributed by atoms with Gasteiger partial charge in [-0.3, -0.25) is 0 Å². The first kappa shape index (κ1) is 56.0. The molecule has 0 amide bonds. The Morgan fingerprint density at radius 3 is 1.02 bits per heavy atom. The van der Waals surface area contributed by atoms with Crippen molar-refractivity contribution in [2.24, 2.45) is 0 Å². The van der Waals surface area contributed by atoms with E-state index in [9.17, 15) is 0 Å². The second kappa shape index (κ2) is 20.5. The number of hydrogen-bond donors (Lipinski definition) is 0. The second-order valence-electron chi connectivity index (χ2n) is 25.4. The maximum atomic E-state index is 6.42. The molecule has 0 atom stereocenters. The maximum absolute atomic E-state index is 6.42. The Bertz CT molecular complexity index is 4360. The van der Waals surface area contributed by atoms with Gasteiger partial charge >= 0.3 is 21.1 Å². The van der Waals surface area contributed by atoms with Crippen LogP contribution in [0.2, 0.25) is 0 Å². The summed E-state index contributed by atoms with van der Waals surface area (Å²) in [5.41, 5.74) is 10.7. The second-order valence-corrected chi connectivity index (χ2v) is 26.4. The van der Waals surface area contributed by atoms with Crippen molar-refractivity contribution in [2.45, 2.75) is 117 Å². The van der Waals surface area contributed by atoms with Crippen LogP contribution >= 0.6 is 15.9 Å². The van der Waals surface area contributed by atoms with Crippen LogP contribution in [0.1, 0.15) is 83.1 Å². The number of halogens is 1. The van der Waals surface area contributed by atoms with Crippen molar-refractivity contribution in [3.8, 4) is 22.7 Å². The van der Waals surface area contributed by atoms with Gasteiger partial charge in [0.1, 0.15) is 0 Å². The van der Waals surface area contributed by atoms with Gasteiger partial charge in [-0.25, -0.2) is 0 Å². The van der Waals surface area contributed by atoms with Crippen LogP contribution in [0.15, 0.2) is 211 Å². The van der Waals surface area contributed by atoms with Gasteiger partial charge in [0, 0.05) is 71.9 Å². The summed E-state index contributed by atoms with van der Waals surface area (Å²) in [6, 6.07) is 68.8. The molecule has 3 aliphatic rings. The molecule has 0 bridgehead atoms. The maximum Gasteiger partial charge on any atom is 0.494 e. The predicted molar refractivity (Wildman–Crippen MR) is 351 cm³/mol. The molecule has 10 nitrogen and oxygen atoms in total. The molecule has 0 saturated carbocycles. The quantitative estimate of drug-likeness (QED) is 0.154. The fraction of sp³-hybridized carbons (Fsp3) is 0.257. The van der Waals surface area contributed by atoms with Crippen molar-refractivity contribution in [1.29, 1.82) is 0 Å². The fourth-order valence-electron chi connectivity index (χ4n) is 11.9. The van der Waals surface area contributed by atoms with Crippen LogP contribution in [0.3, 0.4) is 0 Å². The number of fused-ring (bicyclic) bond motifs is 10. The Balaban J connectivity index is 0.000000125. The normalized spacial score (nSPS) is 18.3. The van der Waals surface area contributed by atoms with E-state index in [0.29, 0.717) is 0 Å². The smallest absolute Gasteiger partial charge is 0.405 e. The van der Waals surface area contributed by atoms with Gasteiger partial charge in [-0.2, -0.15) is 0 Å². The molecule has 7 heterocycles. The molecule has 0 N–H and O–H groups in total. The number of nitrogens with zero attached hydrogens (tertiary/aromatic N) is 4. The third-order valence-corrected chi connectivity index (χ3v) is 19.1. The van der Waals surface area contributed by atoms with Gasteiger partial charge in [0.25, 0.3) is 0 Å². The van der Waals surface area contributed by atoms with Crippen molar-refractivity contribution >= 4 is 108 Å². The van der Waals surface area contributed by atoms with Crippen molar-refractivity contribution < 1.29 is 27.9 Å². The first-order valence-electron chi connectivity index (χ1n) is 29.1. The number of para-hydroxylation sites is 4. The number of hydrogen-bond acceptors (Lipinski definition) is 6. The summed E-state index contributed by atoms with van der Waals surface area (Å²) in [4.78, 5) is 0. The Labute approximate surface area is 501 Å². The van der Waals surface area contributed by atoms with Crippen LogP contribution in [0.4, 0.5) is 0 Å². The molecule has 3 aliphatic heterocycles. The molecule has 0 spiro atoms. The van der Waals surface area contributed by atoms with Crippen molar-refractivity contribution in [3.63, 3.8) is 0 Å². The Morgan fingerprint density at radius 2 is 0.631 bits per heavy atom. The highest BCUT2D eigenvalue weighted by molar-refractivity contribution is 9.10. The molecule has 8 aromatic carbocycles. The summed E-state index contributed by atoms with van der Waals surface area (Å²) in [6.07, 6.45) is 4.34. The monoisotopic (exact) mass is 1170 g/mol. The summed E-state index contributed by atoms with van der Waals surface area (Å²) >= 11 is 3.68. The molecule has 0 aliphatic carbocycles. The molecule has 0 radical (unpaired) electrons. The average Bonchev–Trinajstić information content (AvgIpc) is 1.72. The lowest BCUT2D eigenvalue weighted by Crippen LogP contribution is -2.41. The molecule has 15 rings (SSSR count). The standard InChI is InChI=1S/C32H29BN2O2.C26H17BrN2.C12H24B2O4/c1-31(2)32(3,4)37-33(36-31)22-15-16-28-26(21-22)30-25-19-20-34(23-11-7-5-8-12-23)27(25)17-18-29(30)35(28)24-13-9-6-10-14-24;27-18-11-12-24-22(17-18)26-21-15-16-28(19-7-3-1-4-8-19)23(21)13-14-25(26)29(24)20-9-5-2-6-10-20;1-9(2)10(3,4)16-13(15-9)14-17-11(5,6)12(7,8)18-14/h5-21H,1-4H3;1-17H;1-8H3. The number of rotatable bonds is 6. The highest BCUT2D eigenvalue weighted by Crippen LogP contribution is 2.45. The van der Waals surface area contributed by atoms with E-state index in [1.807, 2.05) is 55.4 Å². The van der Waals surface area contributed by atoms with Crippen LogP contribution in [0.5, 0.6) is 0 Å². The van der Waals surface area contributed by atoms with Crippen LogP contribution in [-0.2, 0) is 27.9 Å². The lowest BCUT2D eigenvalue weighted by atomic mass is 9.49. The van der Waals surface area contributed by atoms with E-state index in [0.717, 1.165) is 21.3 Å². The molecule has 12 aromatic rings. The summed E-state index contributed by atoms with van der Waals surface area (Å²) in [5.74, 6) is 0. The fourth-order valence-corrected chi connectivity index (χ4v) is 12.3. The van der Waals surface area contributed by atoms with Crippen LogP contribution in [-0.4, -0.2) is 73.0 Å². The highest BCUT2D eigenvalue weighted by atomic mass is 79.9. The Morgan fingerprint density at radius 1 is 0.310 bits per heavy atom. The molecule has 14 heteroatoms. The molecule has 3 saturated heterocycles. The minimum absolute atomic E-state index is 0.360. The van der Waals surface area contributed by atoms with Crippen LogP contribution < -0.4 is 5.46 Å². The average molecular weight is 1180 g/mol. The van der Waals surface area contributed by atoms with E-state index in [2.05, 4.69) is 268 Å². The van der Waals surface area contributed by atoms with Gasteiger partial charge < -0.3 is 46.2 Å². The largest absolute Gasteiger partial charge is 0.494 e. The molecule has 422 valence electrons. The summed E-state index contributed by atoms with van der Waals surface area (Å²) in [6.45, 7) is 24.6. The molecule has 84 heavy (non-hydrogen) atoms. The molecular weight excluding hydrogens is 1110 g/mol. The molecule has 0 unspecified atom stereocenters. The van der Waals surface area contributed by atoms with E-state index < -0.39 is 21.1 Å². The zero-order chi connectivity index (χ0) is 58.7. The number of aromatic nitrogens is 4. The van der Waals surface area contributed by atoms with Crippen molar-refractivity contribution in [2.75, 3.05) is 0 Å². The topological polar surface area (TPSA) is 75.1 Å². The lowest BCUT2D eigenvalue weighted by Gasteiger charge is -2.32. The third-order valence-electron chi connectivity index (χ3n) is 18.6. The van der Waals surface area contributed by atoms with Gasteiger partial charge in [0.15, 0.2) is 0 Å². The van der Waals surface area contributed by atoms with E-state index in [-0.39, 0.29) is 33.6 Å². The van der Waals surface area contributed by atoms with E-state index >= 15 is 0 Å². The first-order chi connectivity index (χ1) is 40.0. The van der Waals surface area contributed by atoms with Crippen molar-refractivity contribution in [3.05, 3.63) is 211 Å². The zero-order valence-corrected chi connectivity index (χ0v) is 51.6. The van der Waals surface area contributed by atoms with Crippen LogP contribution in [0.25, 0.3) is 88.2 Å². The first-order valence-corrected chi connectivity index (χ1v) is 29.9. The zero-order valence-electron chi connectivity index (χ0n) is 50.0. The predicted octanol–water partition coefficient (Wildman–Crippen LogP) is 16.8. The van der Waals surface area contributed by atoms with Gasteiger partial charge in [-0.15, -0.1) is 0 Å². The van der Waals surface area contributed by atoms with E-state index in [1.54, 1.807) is 0 Å². The van der Waals surface area contributed by atoms with Crippen LogP contribution in [0, 0.1) is 0 Å². The SMILES string of the molecule is Brc1ccc2c(c1)c1c3ccn(-c4ccccc4)c3ccc1n2-c1ccccc1.CC1(C)OB(B2OC(C)(C)C(C)(C)O2)OC1(C)C.CC1(C)OB(c2ccc3c(c2)c2c4ccn(-c5ccccc5)c4ccc2n3-c2ccccc2)OC1(C)C. The highest BCUT2D eigenvalue weighted by Gasteiger charge is 2.64. The molecule has 3 fully saturated rings. The summed E-state index contributed by atoms with van der Waals surface area (Å²) in [5, 5.41) is 7.48. The number of benzene rings is 8. The molecule has 4 aromatic heterocycles. The Hall–Kier alpha value is -7.13. The van der Waals surface area contributed by atoms with Gasteiger partial charge in [-0.05, 0) is 198 Å². The molecular formula is C70H70B3BrN4O6.